The summed E-state index contributed by atoms with van der Waals surface area (Å²) in [5.41, 5.74) is 3.22. The Morgan fingerprint density at radius 2 is 2.26 bits per heavy atom. The Bertz CT molecular complexity index is 605. The highest BCUT2D eigenvalue weighted by Crippen LogP contribution is 2.39. The lowest BCUT2D eigenvalue weighted by Gasteiger charge is -2.20. The molecule has 1 aliphatic carbocycles. The summed E-state index contributed by atoms with van der Waals surface area (Å²) in [6, 6.07) is 6.62. The van der Waals surface area contributed by atoms with E-state index >= 15 is 0 Å². The van der Waals surface area contributed by atoms with Crippen LogP contribution in [0.15, 0.2) is 24.4 Å². The van der Waals surface area contributed by atoms with Crippen LogP contribution in [0.3, 0.4) is 0 Å². The summed E-state index contributed by atoms with van der Waals surface area (Å²) in [7, 11) is 0. The summed E-state index contributed by atoms with van der Waals surface area (Å²) in [5.74, 6) is 0.814. The van der Waals surface area contributed by atoms with E-state index in [-0.39, 0.29) is 0 Å². The molecular weight excluding hydrogens is 256 g/mol. The number of aryl methyl sites for hydroxylation is 1. The Morgan fingerprint density at radius 3 is 2.95 bits per heavy atom. The first-order valence-electron chi connectivity index (χ1n) is 7.01. The number of hydrogen-bond acceptors (Lipinski definition) is 2. The van der Waals surface area contributed by atoms with Crippen molar-refractivity contribution in [3.63, 3.8) is 0 Å². The van der Waals surface area contributed by atoms with Gasteiger partial charge < -0.3 is 5.32 Å². The monoisotopic (exact) mass is 274 g/mol. The highest BCUT2D eigenvalue weighted by molar-refractivity contribution is 6.35. The average molecular weight is 275 g/mol. The molecule has 1 saturated carbocycles. The third-order valence-electron chi connectivity index (χ3n) is 3.99. The van der Waals surface area contributed by atoms with E-state index in [1.807, 2.05) is 18.3 Å². The summed E-state index contributed by atoms with van der Waals surface area (Å²) in [5, 5.41) is 5.59. The van der Waals surface area contributed by atoms with Gasteiger partial charge in [-0.05, 0) is 55.9 Å². The van der Waals surface area contributed by atoms with E-state index in [1.165, 1.54) is 12.8 Å². The zero-order valence-electron chi connectivity index (χ0n) is 11.4. The first-order chi connectivity index (χ1) is 9.20. The van der Waals surface area contributed by atoms with Gasteiger partial charge in [-0.15, -0.1) is 0 Å². The van der Waals surface area contributed by atoms with E-state index < -0.39 is 0 Å². The quantitative estimate of drug-likeness (QED) is 0.866. The second-order valence-electron chi connectivity index (χ2n) is 5.45. The highest BCUT2D eigenvalue weighted by Gasteiger charge is 2.30. The van der Waals surface area contributed by atoms with Gasteiger partial charge in [-0.1, -0.05) is 18.5 Å². The van der Waals surface area contributed by atoms with Crippen LogP contribution in [0, 0.1) is 12.8 Å². The van der Waals surface area contributed by atoms with Gasteiger partial charge in [-0.2, -0.15) is 0 Å². The van der Waals surface area contributed by atoms with Crippen molar-refractivity contribution in [1.29, 1.82) is 0 Å². The molecular formula is C16H19ClN2. The molecule has 19 heavy (non-hydrogen) atoms. The molecule has 1 atom stereocenters. The van der Waals surface area contributed by atoms with Crippen molar-refractivity contribution in [2.45, 2.75) is 39.2 Å². The Morgan fingerprint density at radius 1 is 1.47 bits per heavy atom. The first kappa shape index (κ1) is 12.7. The van der Waals surface area contributed by atoms with Gasteiger partial charge in [0.05, 0.1) is 16.2 Å². The van der Waals surface area contributed by atoms with Gasteiger partial charge >= 0.3 is 0 Å². The van der Waals surface area contributed by atoms with Crippen LogP contribution in [0.5, 0.6) is 0 Å². The number of nitrogens with one attached hydrogen (secondary N) is 1. The Kier molecular flexibility index (Phi) is 3.36. The smallest absolute Gasteiger partial charge is 0.0752 e. The zero-order valence-corrected chi connectivity index (χ0v) is 12.2. The SMILES string of the molecule is CCC(Nc1c(Cl)cc(C)c2ncccc12)C1CC1. The number of nitrogens with zero attached hydrogens (tertiary/aromatic N) is 1. The second kappa shape index (κ2) is 5.01. The van der Waals surface area contributed by atoms with Crippen molar-refractivity contribution in [1.82, 2.24) is 4.98 Å². The standard InChI is InChI=1S/C16H19ClN2/c1-3-14(11-6-7-11)19-16-12-5-4-8-18-15(12)10(2)9-13(16)17/h4-5,8-9,11,14,19H,3,6-7H2,1-2H3. The van der Waals surface area contributed by atoms with Crippen molar-refractivity contribution in [2.75, 3.05) is 5.32 Å². The summed E-state index contributed by atoms with van der Waals surface area (Å²) >= 11 is 6.44. The number of fused-ring (bicyclic) bond motifs is 1. The molecule has 3 rings (SSSR count). The molecule has 100 valence electrons. The zero-order chi connectivity index (χ0) is 13.4. The van der Waals surface area contributed by atoms with Gasteiger partial charge in [-0.3, -0.25) is 4.98 Å². The summed E-state index contributed by atoms with van der Waals surface area (Å²) in [6.07, 6.45) is 5.65. The molecule has 0 bridgehead atoms. The van der Waals surface area contributed by atoms with Gasteiger partial charge in [-0.25, -0.2) is 0 Å². The van der Waals surface area contributed by atoms with E-state index in [0.29, 0.717) is 6.04 Å². The second-order valence-corrected chi connectivity index (χ2v) is 5.85. The number of anilines is 1. The van der Waals surface area contributed by atoms with Gasteiger partial charge in [0.25, 0.3) is 0 Å². The Hall–Kier alpha value is -1.28. The largest absolute Gasteiger partial charge is 0.380 e. The summed E-state index contributed by atoms with van der Waals surface area (Å²) in [6.45, 7) is 4.29. The minimum Gasteiger partial charge on any atom is -0.380 e. The van der Waals surface area contributed by atoms with Crippen LogP contribution in [0.25, 0.3) is 10.9 Å². The van der Waals surface area contributed by atoms with E-state index in [1.54, 1.807) is 0 Å². The van der Waals surface area contributed by atoms with Gasteiger partial charge in [0.2, 0.25) is 0 Å². The first-order valence-corrected chi connectivity index (χ1v) is 7.39. The third-order valence-corrected chi connectivity index (χ3v) is 4.29. The maximum absolute atomic E-state index is 6.44. The topological polar surface area (TPSA) is 24.9 Å². The molecule has 2 aromatic rings. The molecule has 0 radical (unpaired) electrons. The normalized spacial score (nSPS) is 16.6. The molecule has 1 N–H and O–H groups in total. The molecule has 0 aliphatic heterocycles. The van der Waals surface area contributed by atoms with Crippen LogP contribution < -0.4 is 5.32 Å². The van der Waals surface area contributed by atoms with Crippen molar-refractivity contribution >= 4 is 28.2 Å². The predicted octanol–water partition coefficient (Wildman–Crippen LogP) is 4.80. The van der Waals surface area contributed by atoms with Crippen LogP contribution in [0.1, 0.15) is 31.7 Å². The van der Waals surface area contributed by atoms with E-state index in [4.69, 9.17) is 11.6 Å². The maximum atomic E-state index is 6.44. The number of hydrogen-bond donors (Lipinski definition) is 1. The number of halogens is 1. The van der Waals surface area contributed by atoms with Gasteiger partial charge in [0.1, 0.15) is 0 Å². The lowest BCUT2D eigenvalue weighted by molar-refractivity contribution is 0.617. The van der Waals surface area contributed by atoms with Crippen molar-refractivity contribution < 1.29 is 0 Å². The molecule has 3 heteroatoms. The average Bonchev–Trinajstić information content (AvgIpc) is 3.23. The fraction of sp³-hybridized carbons (Fsp3) is 0.438. The van der Waals surface area contributed by atoms with Crippen molar-refractivity contribution in [3.8, 4) is 0 Å². The molecule has 0 spiro atoms. The number of benzene rings is 1. The van der Waals surface area contributed by atoms with Crippen molar-refractivity contribution in [3.05, 3.63) is 35.0 Å². The number of pyridine rings is 1. The molecule has 1 aliphatic rings. The molecule has 1 unspecified atom stereocenters. The maximum Gasteiger partial charge on any atom is 0.0752 e. The number of aromatic nitrogens is 1. The van der Waals surface area contributed by atoms with Crippen LogP contribution in [-0.4, -0.2) is 11.0 Å². The Balaban J connectivity index is 2.06. The summed E-state index contributed by atoms with van der Waals surface area (Å²) < 4.78 is 0. The molecule has 0 saturated heterocycles. The summed E-state index contributed by atoms with van der Waals surface area (Å²) in [4.78, 5) is 4.48. The van der Waals surface area contributed by atoms with Crippen LogP contribution in [0.2, 0.25) is 5.02 Å². The van der Waals surface area contributed by atoms with E-state index in [9.17, 15) is 0 Å². The molecule has 1 fully saturated rings. The van der Waals surface area contributed by atoms with E-state index in [2.05, 4.69) is 30.2 Å². The predicted molar refractivity (Wildman–Crippen MR) is 81.9 cm³/mol. The van der Waals surface area contributed by atoms with Crippen LogP contribution in [-0.2, 0) is 0 Å². The molecule has 1 aromatic heterocycles. The molecule has 1 heterocycles. The lowest BCUT2D eigenvalue weighted by Crippen LogP contribution is -2.21. The molecule has 0 amide bonds. The highest BCUT2D eigenvalue weighted by atomic mass is 35.5. The fourth-order valence-electron chi connectivity index (χ4n) is 2.76. The number of rotatable bonds is 4. The lowest BCUT2D eigenvalue weighted by atomic mass is 10.1. The molecule has 1 aromatic carbocycles. The fourth-order valence-corrected chi connectivity index (χ4v) is 3.08. The van der Waals surface area contributed by atoms with Crippen molar-refractivity contribution in [2.24, 2.45) is 5.92 Å². The van der Waals surface area contributed by atoms with Gasteiger partial charge in [0, 0.05) is 17.6 Å². The Labute approximate surface area is 119 Å². The van der Waals surface area contributed by atoms with Gasteiger partial charge in [0.15, 0.2) is 0 Å². The van der Waals surface area contributed by atoms with Crippen LogP contribution in [0.4, 0.5) is 5.69 Å². The minimum atomic E-state index is 0.531. The van der Waals surface area contributed by atoms with Crippen LogP contribution >= 0.6 is 11.6 Å². The molecule has 2 nitrogen and oxygen atoms in total. The third kappa shape index (κ3) is 2.42. The van der Waals surface area contributed by atoms with E-state index in [0.717, 1.165) is 39.5 Å². The minimum absolute atomic E-state index is 0.531.